The Morgan fingerprint density at radius 1 is 1.20 bits per heavy atom. The summed E-state index contributed by atoms with van der Waals surface area (Å²) < 4.78 is 0. The van der Waals surface area contributed by atoms with Gasteiger partial charge >= 0.3 is 11.9 Å². The Balaban J connectivity index is 2.95. The zero-order valence-corrected chi connectivity index (χ0v) is 12.3. The number of hydrogen-bond acceptors (Lipinski definition) is 3. The lowest BCUT2D eigenvalue weighted by molar-refractivity contribution is -0.155. The largest absolute Gasteiger partial charge is 0.481 e. The third-order valence-corrected chi connectivity index (χ3v) is 4.76. The second-order valence-electron chi connectivity index (χ2n) is 6.11. The van der Waals surface area contributed by atoms with Crippen LogP contribution in [0.3, 0.4) is 0 Å². The van der Waals surface area contributed by atoms with Gasteiger partial charge in [0.15, 0.2) is 0 Å². The summed E-state index contributed by atoms with van der Waals surface area (Å²) in [6.45, 7) is 5.09. The molecule has 0 aromatic heterocycles. The fourth-order valence-electron chi connectivity index (χ4n) is 3.46. The average Bonchev–Trinajstić information content (AvgIpc) is 2.35. The maximum Gasteiger partial charge on any atom is 0.307 e. The standard InChI is InChI=1S/C15H24O5/c1-8-4-6-12(10(3)14(17)18)13(15(19)20)11(8)7-5-9(2)16/h8,10-13H,4-7H2,1-3H3,(H,17,18)(H,19,20)/t8-,10-,11+,12?,13-/m1/s1. The Hall–Kier alpha value is -1.39. The van der Waals surface area contributed by atoms with Crippen molar-refractivity contribution in [1.29, 1.82) is 0 Å². The molecular formula is C15H24O5. The van der Waals surface area contributed by atoms with Crippen molar-refractivity contribution >= 4 is 17.7 Å². The van der Waals surface area contributed by atoms with E-state index < -0.39 is 23.8 Å². The molecule has 0 radical (unpaired) electrons. The van der Waals surface area contributed by atoms with Gasteiger partial charge in [-0.3, -0.25) is 9.59 Å². The molecule has 0 aromatic rings. The van der Waals surface area contributed by atoms with Crippen LogP contribution in [0.4, 0.5) is 0 Å². The highest BCUT2D eigenvalue weighted by atomic mass is 16.4. The Kier molecular flexibility index (Phi) is 5.72. The number of ketones is 1. The van der Waals surface area contributed by atoms with Crippen molar-refractivity contribution in [3.63, 3.8) is 0 Å². The van der Waals surface area contributed by atoms with Crippen LogP contribution in [-0.4, -0.2) is 27.9 Å². The molecule has 5 heteroatoms. The molecule has 5 atom stereocenters. The van der Waals surface area contributed by atoms with Crippen molar-refractivity contribution in [2.45, 2.75) is 46.5 Å². The van der Waals surface area contributed by atoms with Gasteiger partial charge in [0, 0.05) is 6.42 Å². The third-order valence-electron chi connectivity index (χ3n) is 4.76. The molecule has 1 unspecified atom stereocenters. The highest BCUT2D eigenvalue weighted by Crippen LogP contribution is 2.44. The van der Waals surface area contributed by atoms with Gasteiger partial charge in [-0.25, -0.2) is 0 Å². The fraction of sp³-hybridized carbons (Fsp3) is 0.800. The lowest BCUT2D eigenvalue weighted by Gasteiger charge is -2.41. The number of rotatable bonds is 6. The van der Waals surface area contributed by atoms with E-state index in [9.17, 15) is 19.5 Å². The summed E-state index contributed by atoms with van der Waals surface area (Å²) in [5, 5.41) is 18.7. The Labute approximate surface area is 119 Å². The number of carboxylic acids is 2. The van der Waals surface area contributed by atoms with E-state index in [1.807, 2.05) is 6.92 Å². The minimum atomic E-state index is -0.943. The summed E-state index contributed by atoms with van der Waals surface area (Å²) in [7, 11) is 0. The highest BCUT2D eigenvalue weighted by Gasteiger charge is 2.45. The minimum absolute atomic E-state index is 0.0507. The van der Waals surface area contributed by atoms with Gasteiger partial charge in [-0.2, -0.15) is 0 Å². The van der Waals surface area contributed by atoms with Crippen LogP contribution in [0.2, 0.25) is 0 Å². The van der Waals surface area contributed by atoms with E-state index in [-0.39, 0.29) is 23.5 Å². The van der Waals surface area contributed by atoms with Crippen LogP contribution in [0.15, 0.2) is 0 Å². The van der Waals surface area contributed by atoms with Crippen molar-refractivity contribution in [1.82, 2.24) is 0 Å². The van der Waals surface area contributed by atoms with Gasteiger partial charge in [0.2, 0.25) is 0 Å². The first-order chi connectivity index (χ1) is 9.25. The molecule has 1 saturated carbocycles. The summed E-state index contributed by atoms with van der Waals surface area (Å²) in [4.78, 5) is 33.9. The normalized spacial score (nSPS) is 31.6. The van der Waals surface area contributed by atoms with Crippen LogP contribution in [0.5, 0.6) is 0 Å². The van der Waals surface area contributed by atoms with Crippen molar-refractivity contribution in [2.75, 3.05) is 0 Å². The lowest BCUT2D eigenvalue weighted by Crippen LogP contribution is -2.43. The summed E-state index contributed by atoms with van der Waals surface area (Å²) in [5.74, 6) is -3.39. The van der Waals surface area contributed by atoms with Crippen LogP contribution in [-0.2, 0) is 14.4 Å². The number of carbonyl (C=O) groups excluding carboxylic acids is 1. The molecule has 1 aliphatic rings. The van der Waals surface area contributed by atoms with Crippen molar-refractivity contribution < 1.29 is 24.6 Å². The molecule has 0 aliphatic heterocycles. The fourth-order valence-corrected chi connectivity index (χ4v) is 3.46. The first-order valence-electron chi connectivity index (χ1n) is 7.20. The van der Waals surface area contributed by atoms with E-state index in [1.54, 1.807) is 6.92 Å². The van der Waals surface area contributed by atoms with Gasteiger partial charge < -0.3 is 15.0 Å². The number of carbonyl (C=O) groups is 3. The molecule has 0 aromatic carbocycles. The van der Waals surface area contributed by atoms with Crippen LogP contribution < -0.4 is 0 Å². The predicted octanol–water partition coefficient (Wildman–Crippen LogP) is 2.44. The van der Waals surface area contributed by atoms with Crippen molar-refractivity contribution in [3.8, 4) is 0 Å². The molecule has 2 N–H and O–H groups in total. The topological polar surface area (TPSA) is 91.7 Å². The monoisotopic (exact) mass is 284 g/mol. The summed E-state index contributed by atoms with van der Waals surface area (Å²) in [6, 6.07) is 0. The number of Topliss-reactive ketones (excluding diaryl/α,β-unsaturated/α-hetero) is 1. The smallest absolute Gasteiger partial charge is 0.307 e. The average molecular weight is 284 g/mol. The molecule has 0 amide bonds. The molecule has 1 aliphatic carbocycles. The van der Waals surface area contributed by atoms with E-state index in [1.165, 1.54) is 6.92 Å². The minimum Gasteiger partial charge on any atom is -0.481 e. The van der Waals surface area contributed by atoms with E-state index in [0.717, 1.165) is 6.42 Å². The molecule has 0 bridgehead atoms. The molecule has 20 heavy (non-hydrogen) atoms. The van der Waals surface area contributed by atoms with E-state index in [2.05, 4.69) is 0 Å². The zero-order chi connectivity index (χ0) is 15.4. The quantitative estimate of drug-likeness (QED) is 0.781. The van der Waals surface area contributed by atoms with Crippen LogP contribution in [0.1, 0.15) is 46.5 Å². The lowest BCUT2D eigenvalue weighted by atomic mass is 9.62. The number of hydrogen-bond donors (Lipinski definition) is 2. The van der Waals surface area contributed by atoms with E-state index in [0.29, 0.717) is 19.3 Å². The zero-order valence-electron chi connectivity index (χ0n) is 12.3. The van der Waals surface area contributed by atoms with Crippen LogP contribution >= 0.6 is 0 Å². The Morgan fingerprint density at radius 3 is 2.25 bits per heavy atom. The second-order valence-corrected chi connectivity index (χ2v) is 6.11. The summed E-state index contributed by atoms with van der Waals surface area (Å²) >= 11 is 0. The second kappa shape index (κ2) is 6.86. The highest BCUT2D eigenvalue weighted by molar-refractivity contribution is 5.76. The molecule has 5 nitrogen and oxygen atoms in total. The van der Waals surface area contributed by atoms with Gasteiger partial charge in [-0.15, -0.1) is 0 Å². The predicted molar refractivity (Wildman–Crippen MR) is 73.2 cm³/mol. The Morgan fingerprint density at radius 2 is 1.80 bits per heavy atom. The molecule has 1 fully saturated rings. The van der Waals surface area contributed by atoms with Crippen molar-refractivity contribution in [3.05, 3.63) is 0 Å². The van der Waals surface area contributed by atoms with Gasteiger partial charge in [0.1, 0.15) is 5.78 Å². The molecule has 114 valence electrons. The van der Waals surface area contributed by atoms with Crippen LogP contribution in [0, 0.1) is 29.6 Å². The van der Waals surface area contributed by atoms with Gasteiger partial charge in [0.25, 0.3) is 0 Å². The third kappa shape index (κ3) is 3.81. The van der Waals surface area contributed by atoms with Gasteiger partial charge in [0.05, 0.1) is 11.8 Å². The van der Waals surface area contributed by atoms with E-state index >= 15 is 0 Å². The van der Waals surface area contributed by atoms with Gasteiger partial charge in [-0.05, 0) is 37.5 Å². The van der Waals surface area contributed by atoms with E-state index in [4.69, 9.17) is 5.11 Å². The van der Waals surface area contributed by atoms with Gasteiger partial charge in [-0.1, -0.05) is 20.3 Å². The Bertz CT molecular complexity index is 390. The first kappa shape index (κ1) is 16.7. The summed E-state index contributed by atoms with van der Waals surface area (Å²) in [5.41, 5.74) is 0. The molecule has 0 spiro atoms. The van der Waals surface area contributed by atoms with Crippen molar-refractivity contribution in [2.24, 2.45) is 29.6 Å². The molecule has 0 saturated heterocycles. The summed E-state index contributed by atoms with van der Waals surface area (Å²) in [6.07, 6.45) is 2.36. The maximum absolute atomic E-state index is 11.6. The number of aliphatic carboxylic acids is 2. The first-order valence-corrected chi connectivity index (χ1v) is 7.20. The molecule has 1 rings (SSSR count). The maximum atomic E-state index is 11.6. The van der Waals surface area contributed by atoms with Crippen LogP contribution in [0.25, 0.3) is 0 Å². The molecular weight excluding hydrogens is 260 g/mol. The SMILES string of the molecule is CC(=O)CC[C@H]1[C@H](C)CCC([C@@H](C)C(=O)O)[C@@H]1C(=O)O. The molecule has 0 heterocycles. The number of carboxylic acid groups (broad SMARTS) is 2.